The number of rotatable bonds is 8. The molecule has 32 heavy (non-hydrogen) atoms. The highest BCUT2D eigenvalue weighted by Crippen LogP contribution is 2.22. The Bertz CT molecular complexity index is 848. The third-order valence-electron chi connectivity index (χ3n) is 6.07. The Morgan fingerprint density at radius 1 is 1.00 bits per heavy atom. The molecule has 2 aliphatic heterocycles. The number of aliphatic carboxylic acids is 1. The molecule has 5 N–H and O–H groups in total. The van der Waals surface area contributed by atoms with Gasteiger partial charge in [-0.2, -0.15) is 0 Å². The molecule has 0 radical (unpaired) electrons. The molecule has 2 saturated heterocycles. The number of aliphatic hydroxyl groups excluding tert-OH is 1. The minimum Gasteiger partial charge on any atom is -0.480 e. The van der Waals surface area contributed by atoms with Gasteiger partial charge in [-0.1, -0.05) is 30.3 Å². The number of nitrogens with two attached hydrogens (primary N) is 1. The van der Waals surface area contributed by atoms with E-state index in [2.05, 4.69) is 5.32 Å². The van der Waals surface area contributed by atoms with Crippen LogP contribution in [0.1, 0.15) is 31.2 Å². The molecular weight excluding hydrogens is 416 g/mol. The number of carboxylic acids is 1. The van der Waals surface area contributed by atoms with E-state index in [1.165, 1.54) is 9.80 Å². The van der Waals surface area contributed by atoms with Crippen molar-refractivity contribution in [2.45, 2.75) is 56.3 Å². The fourth-order valence-corrected chi connectivity index (χ4v) is 4.40. The Morgan fingerprint density at radius 3 is 2.19 bits per heavy atom. The van der Waals surface area contributed by atoms with Gasteiger partial charge in [0, 0.05) is 19.5 Å². The molecule has 4 atom stereocenters. The van der Waals surface area contributed by atoms with Crippen LogP contribution < -0.4 is 11.1 Å². The van der Waals surface area contributed by atoms with Crippen molar-refractivity contribution >= 4 is 23.7 Å². The smallest absolute Gasteiger partial charge is 0.326 e. The molecule has 2 aliphatic rings. The first-order chi connectivity index (χ1) is 15.3. The molecule has 2 heterocycles. The Hall–Kier alpha value is -2.98. The van der Waals surface area contributed by atoms with Crippen LogP contribution in [-0.4, -0.2) is 87.6 Å². The van der Waals surface area contributed by atoms with Crippen molar-refractivity contribution in [1.82, 2.24) is 15.1 Å². The van der Waals surface area contributed by atoms with E-state index in [-0.39, 0.29) is 6.42 Å². The summed E-state index contributed by atoms with van der Waals surface area (Å²) in [4.78, 5) is 53.1. The van der Waals surface area contributed by atoms with Gasteiger partial charge in [-0.05, 0) is 31.2 Å². The maximum absolute atomic E-state index is 13.3. The zero-order valence-electron chi connectivity index (χ0n) is 17.9. The number of amides is 3. The van der Waals surface area contributed by atoms with Gasteiger partial charge in [-0.3, -0.25) is 14.4 Å². The van der Waals surface area contributed by atoms with E-state index >= 15 is 0 Å². The monoisotopic (exact) mass is 446 g/mol. The maximum atomic E-state index is 13.3. The molecule has 0 spiro atoms. The largest absolute Gasteiger partial charge is 0.480 e. The Balaban J connectivity index is 1.79. The molecule has 1 aromatic rings. The number of nitrogens with zero attached hydrogens (tertiary/aromatic N) is 2. The second kappa shape index (κ2) is 10.6. The zero-order valence-corrected chi connectivity index (χ0v) is 17.9. The summed E-state index contributed by atoms with van der Waals surface area (Å²) in [5.41, 5.74) is 6.47. The average molecular weight is 447 g/mol. The average Bonchev–Trinajstić information content (AvgIpc) is 3.47. The Labute approximate surface area is 186 Å². The highest BCUT2D eigenvalue weighted by molar-refractivity contribution is 5.94. The van der Waals surface area contributed by atoms with Gasteiger partial charge in [0.2, 0.25) is 17.7 Å². The number of carbonyl (C=O) groups excluding carboxylic acids is 3. The molecule has 4 unspecified atom stereocenters. The van der Waals surface area contributed by atoms with E-state index in [9.17, 15) is 29.4 Å². The first kappa shape index (κ1) is 23.7. The highest BCUT2D eigenvalue weighted by Gasteiger charge is 2.40. The molecular formula is C22H30N4O6. The van der Waals surface area contributed by atoms with Crippen LogP contribution in [0.25, 0.3) is 0 Å². The molecule has 1 aromatic carbocycles. The summed E-state index contributed by atoms with van der Waals surface area (Å²) < 4.78 is 0. The Kier molecular flexibility index (Phi) is 7.81. The standard InChI is InChI=1S/C22H30N4O6/c23-15(13-27)20(29)25-10-4-8-17(25)19(28)24-16(12-14-6-2-1-3-7-14)21(30)26-11-5-9-18(26)22(31)32/h1-3,6-7,15-18,27H,4-5,8-13,23H2,(H,24,28)(H,31,32). The fraction of sp³-hybridized carbons (Fsp3) is 0.545. The van der Waals surface area contributed by atoms with Crippen molar-refractivity contribution in [2.24, 2.45) is 5.73 Å². The minimum absolute atomic E-state index is 0.199. The second-order valence-electron chi connectivity index (χ2n) is 8.26. The van der Waals surface area contributed by atoms with Gasteiger partial charge < -0.3 is 31.1 Å². The molecule has 3 rings (SSSR count). The summed E-state index contributed by atoms with van der Waals surface area (Å²) in [6.45, 7) is 0.135. The fourth-order valence-electron chi connectivity index (χ4n) is 4.40. The lowest BCUT2D eigenvalue weighted by atomic mass is 10.0. The molecule has 0 bridgehead atoms. The van der Waals surface area contributed by atoms with Crippen LogP contribution in [0.4, 0.5) is 0 Å². The summed E-state index contributed by atoms with van der Waals surface area (Å²) >= 11 is 0. The van der Waals surface area contributed by atoms with Crippen LogP contribution in [0.2, 0.25) is 0 Å². The van der Waals surface area contributed by atoms with Gasteiger partial charge in [0.05, 0.1) is 6.61 Å². The number of aliphatic hydroxyl groups is 1. The van der Waals surface area contributed by atoms with Gasteiger partial charge in [-0.15, -0.1) is 0 Å². The summed E-state index contributed by atoms with van der Waals surface area (Å²) in [6, 6.07) is 5.37. The summed E-state index contributed by atoms with van der Waals surface area (Å²) in [5.74, 6) is -2.51. The molecule has 174 valence electrons. The maximum Gasteiger partial charge on any atom is 0.326 e. The van der Waals surface area contributed by atoms with E-state index in [1.54, 1.807) is 0 Å². The first-order valence-corrected chi connectivity index (χ1v) is 10.9. The Morgan fingerprint density at radius 2 is 1.59 bits per heavy atom. The van der Waals surface area contributed by atoms with Crippen molar-refractivity contribution in [3.8, 4) is 0 Å². The van der Waals surface area contributed by atoms with Gasteiger partial charge in [-0.25, -0.2) is 4.79 Å². The van der Waals surface area contributed by atoms with Crippen molar-refractivity contribution in [2.75, 3.05) is 19.7 Å². The zero-order chi connectivity index (χ0) is 23.3. The lowest BCUT2D eigenvalue weighted by Crippen LogP contribution is -2.57. The SMILES string of the molecule is NC(CO)C(=O)N1CCCC1C(=O)NC(Cc1ccccc1)C(=O)N1CCCC1C(=O)O. The predicted molar refractivity (Wildman–Crippen MR) is 114 cm³/mol. The molecule has 2 fully saturated rings. The van der Waals surface area contributed by atoms with Crippen molar-refractivity contribution < 1.29 is 29.4 Å². The van der Waals surface area contributed by atoms with Gasteiger partial charge in [0.1, 0.15) is 24.2 Å². The van der Waals surface area contributed by atoms with Crippen molar-refractivity contribution in [1.29, 1.82) is 0 Å². The van der Waals surface area contributed by atoms with Crippen LogP contribution >= 0.6 is 0 Å². The lowest BCUT2D eigenvalue weighted by molar-refractivity contribution is -0.149. The van der Waals surface area contributed by atoms with E-state index in [0.717, 1.165) is 5.56 Å². The summed E-state index contributed by atoms with van der Waals surface area (Å²) in [5, 5.41) is 21.4. The van der Waals surface area contributed by atoms with Crippen LogP contribution in [0, 0.1) is 0 Å². The summed E-state index contributed by atoms with van der Waals surface area (Å²) in [6.07, 6.45) is 2.18. The van der Waals surface area contributed by atoms with E-state index in [1.807, 2.05) is 30.3 Å². The third-order valence-corrected chi connectivity index (χ3v) is 6.07. The van der Waals surface area contributed by atoms with Gasteiger partial charge in [0.15, 0.2) is 0 Å². The van der Waals surface area contributed by atoms with Gasteiger partial charge in [0.25, 0.3) is 0 Å². The molecule has 0 aliphatic carbocycles. The molecule has 0 aromatic heterocycles. The van der Waals surface area contributed by atoms with E-state index < -0.39 is 54.5 Å². The second-order valence-corrected chi connectivity index (χ2v) is 8.26. The van der Waals surface area contributed by atoms with Crippen molar-refractivity contribution in [3.63, 3.8) is 0 Å². The molecule has 10 heteroatoms. The van der Waals surface area contributed by atoms with Crippen LogP contribution in [0.5, 0.6) is 0 Å². The number of hydrogen-bond donors (Lipinski definition) is 4. The van der Waals surface area contributed by atoms with Crippen molar-refractivity contribution in [3.05, 3.63) is 35.9 Å². The minimum atomic E-state index is -1.11. The number of carboxylic acid groups (broad SMARTS) is 1. The normalized spacial score (nSPS) is 22.4. The topological polar surface area (TPSA) is 153 Å². The number of hydrogen-bond acceptors (Lipinski definition) is 6. The molecule has 0 saturated carbocycles. The van der Waals surface area contributed by atoms with Crippen LogP contribution in [0.15, 0.2) is 30.3 Å². The number of carbonyl (C=O) groups is 4. The lowest BCUT2D eigenvalue weighted by Gasteiger charge is -2.30. The first-order valence-electron chi connectivity index (χ1n) is 10.9. The van der Waals surface area contributed by atoms with Gasteiger partial charge >= 0.3 is 5.97 Å². The summed E-state index contributed by atoms with van der Waals surface area (Å²) in [7, 11) is 0. The third kappa shape index (κ3) is 5.25. The number of likely N-dealkylation sites (tertiary alicyclic amines) is 2. The van der Waals surface area contributed by atoms with Crippen LogP contribution in [-0.2, 0) is 25.6 Å². The quantitative estimate of drug-likeness (QED) is 0.404. The molecule has 3 amide bonds. The van der Waals surface area contributed by atoms with Crippen LogP contribution in [0.3, 0.4) is 0 Å². The van der Waals surface area contributed by atoms with E-state index in [4.69, 9.17) is 5.73 Å². The molecule has 10 nitrogen and oxygen atoms in total. The number of benzene rings is 1. The predicted octanol–water partition coefficient (Wildman–Crippen LogP) is -0.900. The highest BCUT2D eigenvalue weighted by atomic mass is 16.4. The van der Waals surface area contributed by atoms with E-state index in [0.29, 0.717) is 38.8 Å². The number of nitrogens with one attached hydrogen (secondary N) is 1.